The Morgan fingerprint density at radius 3 is 2.38 bits per heavy atom. The summed E-state index contributed by atoms with van der Waals surface area (Å²) in [6.45, 7) is 0.904. The molecule has 2 unspecified atom stereocenters. The van der Waals surface area contributed by atoms with Crippen LogP contribution in [0.1, 0.15) is 56.0 Å². The third kappa shape index (κ3) is 9.44. The lowest BCUT2D eigenvalue weighted by molar-refractivity contribution is 0.0472. The summed E-state index contributed by atoms with van der Waals surface area (Å²) in [6.07, 6.45) is 0.200. The van der Waals surface area contributed by atoms with Crippen LogP contribution in [-0.4, -0.2) is 45.9 Å². The molecule has 6 aromatic rings. The van der Waals surface area contributed by atoms with Crippen LogP contribution in [0.25, 0.3) is 10.9 Å². The molecule has 0 spiro atoms. The van der Waals surface area contributed by atoms with Crippen molar-refractivity contribution in [3.8, 4) is 11.5 Å². The number of fused-ring (bicyclic) bond motifs is 1. The van der Waals surface area contributed by atoms with Gasteiger partial charge in [0, 0.05) is 36.3 Å². The van der Waals surface area contributed by atoms with Crippen molar-refractivity contribution in [2.75, 3.05) is 13.7 Å². The highest BCUT2D eigenvalue weighted by Crippen LogP contribution is 2.29. The molecule has 0 saturated heterocycles. The maximum absolute atomic E-state index is 12.8. The topological polar surface area (TPSA) is 172 Å². The first-order valence-electron chi connectivity index (χ1n) is 16.8. The number of aromatic amines is 1. The number of aliphatic hydroxyl groups is 1. The molecule has 0 bridgehead atoms. The zero-order valence-electron chi connectivity index (χ0n) is 28.8. The Morgan fingerprint density at radius 1 is 0.849 bits per heavy atom. The average molecular weight is 715 g/mol. The molecule has 270 valence electrons. The first-order chi connectivity index (χ1) is 25.8. The van der Waals surface area contributed by atoms with E-state index in [2.05, 4.69) is 20.6 Å². The third-order valence-corrected chi connectivity index (χ3v) is 8.53. The second-order valence-corrected chi connectivity index (χ2v) is 12.2. The number of rotatable bonds is 14. The summed E-state index contributed by atoms with van der Waals surface area (Å²) in [6, 6.07) is 33.2. The molecular weight excluding hydrogens is 676 g/mol. The molecule has 5 N–H and O–H groups in total. The van der Waals surface area contributed by atoms with Crippen molar-refractivity contribution in [1.29, 1.82) is 0 Å². The van der Waals surface area contributed by atoms with Gasteiger partial charge in [0.2, 0.25) is 5.56 Å². The van der Waals surface area contributed by atoms with E-state index < -0.39 is 24.2 Å². The zero-order chi connectivity index (χ0) is 37.2. The zero-order valence-corrected chi connectivity index (χ0v) is 28.8. The number of pyridine rings is 2. The first-order valence-corrected chi connectivity index (χ1v) is 16.8. The van der Waals surface area contributed by atoms with E-state index in [0.29, 0.717) is 28.8 Å². The number of phenols is 1. The van der Waals surface area contributed by atoms with Gasteiger partial charge in [-0.3, -0.25) is 9.78 Å². The van der Waals surface area contributed by atoms with Gasteiger partial charge in [0.15, 0.2) is 0 Å². The third-order valence-electron chi connectivity index (χ3n) is 8.53. The fraction of sp³-hybridized carbons (Fsp3) is 0.171. The monoisotopic (exact) mass is 714 g/mol. The maximum Gasteiger partial charge on any atom is 0.407 e. The molecule has 53 heavy (non-hydrogen) atoms. The highest BCUT2D eigenvalue weighted by atomic mass is 16.5. The van der Waals surface area contributed by atoms with Gasteiger partial charge in [0.05, 0.1) is 36.0 Å². The summed E-state index contributed by atoms with van der Waals surface area (Å²) >= 11 is 0. The number of H-pyrrole nitrogens is 1. The van der Waals surface area contributed by atoms with Crippen molar-refractivity contribution in [3.63, 3.8) is 0 Å². The molecular formula is C41H38N4O8. The van der Waals surface area contributed by atoms with Gasteiger partial charge >= 0.3 is 12.1 Å². The lowest BCUT2D eigenvalue weighted by Crippen LogP contribution is -2.29. The fourth-order valence-electron chi connectivity index (χ4n) is 5.74. The van der Waals surface area contributed by atoms with Crippen molar-refractivity contribution in [2.24, 2.45) is 0 Å². The Kier molecular flexibility index (Phi) is 11.7. The van der Waals surface area contributed by atoms with Crippen molar-refractivity contribution >= 4 is 23.0 Å². The van der Waals surface area contributed by atoms with Crippen LogP contribution >= 0.6 is 0 Å². The Hall–Kier alpha value is -6.50. The number of hydrogen-bond acceptors (Lipinski definition) is 10. The largest absolute Gasteiger partial charge is 0.506 e. The van der Waals surface area contributed by atoms with Crippen LogP contribution in [0.5, 0.6) is 11.5 Å². The minimum Gasteiger partial charge on any atom is -0.506 e. The molecule has 0 saturated carbocycles. The predicted molar refractivity (Wildman–Crippen MR) is 197 cm³/mol. The van der Waals surface area contributed by atoms with Gasteiger partial charge in [0.1, 0.15) is 24.7 Å². The van der Waals surface area contributed by atoms with Gasteiger partial charge in [-0.05, 0) is 64.7 Å². The van der Waals surface area contributed by atoms with E-state index in [1.807, 2.05) is 66.7 Å². The van der Waals surface area contributed by atoms with E-state index in [1.54, 1.807) is 42.6 Å². The van der Waals surface area contributed by atoms with Crippen LogP contribution in [0, 0.1) is 0 Å². The number of amides is 1. The van der Waals surface area contributed by atoms with Gasteiger partial charge in [-0.15, -0.1) is 0 Å². The number of aromatic nitrogens is 2. The minimum atomic E-state index is -0.891. The SMILES string of the molecule is COC(=O)NC(c1ccccc1)c1cccc(OCc2ccc(C(=O)OCc3ccc(CNCC(O)c4ccc(O)c5[nH]c(=O)ccc45)nc3)cc2)c1. The van der Waals surface area contributed by atoms with E-state index in [-0.39, 0.29) is 36.6 Å². The van der Waals surface area contributed by atoms with Crippen LogP contribution in [0.4, 0.5) is 4.79 Å². The van der Waals surface area contributed by atoms with Gasteiger partial charge in [0.25, 0.3) is 0 Å². The number of benzene rings is 4. The van der Waals surface area contributed by atoms with Crippen LogP contribution < -0.4 is 20.9 Å². The van der Waals surface area contributed by atoms with Crippen LogP contribution in [0.3, 0.4) is 0 Å². The Labute approximate surface area is 305 Å². The lowest BCUT2D eigenvalue weighted by Gasteiger charge is -2.20. The highest BCUT2D eigenvalue weighted by molar-refractivity contribution is 5.89. The molecule has 2 atom stereocenters. The molecule has 2 aromatic heterocycles. The fourth-order valence-corrected chi connectivity index (χ4v) is 5.74. The predicted octanol–water partition coefficient (Wildman–Crippen LogP) is 5.83. The number of nitrogens with zero attached hydrogens (tertiary/aromatic N) is 1. The van der Waals surface area contributed by atoms with Crippen molar-refractivity contribution in [3.05, 3.63) is 171 Å². The number of hydrogen-bond donors (Lipinski definition) is 5. The number of alkyl carbamates (subject to hydrolysis) is 1. The summed E-state index contributed by atoms with van der Waals surface area (Å²) in [7, 11) is 1.32. The number of esters is 1. The molecule has 2 heterocycles. The summed E-state index contributed by atoms with van der Waals surface area (Å²) in [5, 5.41) is 27.5. The standard InChI is InChI=1S/C41H38N4O8/c1-51-41(50)45-38(28-6-3-2-4-7-28)30-8-5-9-32(20-30)52-24-26-10-13-29(14-11-26)40(49)53-25-27-12-15-31(43-21-27)22-42-23-36(47)33-16-18-35(46)39-34(33)17-19-37(48)44-39/h2-21,36,38,42,46-47H,22-25H2,1H3,(H,44,48)(H,45,50). The number of aromatic hydroxyl groups is 1. The van der Waals surface area contributed by atoms with E-state index in [0.717, 1.165) is 27.9 Å². The molecule has 6 rings (SSSR count). The molecule has 0 fully saturated rings. The number of nitrogens with one attached hydrogen (secondary N) is 3. The number of phenolic OH excluding ortho intramolecular Hbond substituents is 1. The van der Waals surface area contributed by atoms with Crippen molar-refractivity contribution in [2.45, 2.75) is 31.9 Å². The Morgan fingerprint density at radius 2 is 1.62 bits per heavy atom. The molecule has 12 heteroatoms. The second kappa shape index (κ2) is 17.1. The lowest BCUT2D eigenvalue weighted by atomic mass is 9.98. The molecule has 0 aliphatic heterocycles. The molecule has 0 aliphatic carbocycles. The van der Waals surface area contributed by atoms with Gasteiger partial charge in [-0.25, -0.2) is 9.59 Å². The number of carbonyl (C=O) groups is 2. The summed E-state index contributed by atoms with van der Waals surface area (Å²) in [4.78, 5) is 43.5. The van der Waals surface area contributed by atoms with E-state index in [1.165, 1.54) is 19.2 Å². The van der Waals surface area contributed by atoms with Crippen molar-refractivity contribution in [1.82, 2.24) is 20.6 Å². The van der Waals surface area contributed by atoms with Gasteiger partial charge in [-0.2, -0.15) is 0 Å². The number of aliphatic hydroxyl groups excluding tert-OH is 1. The van der Waals surface area contributed by atoms with E-state index >= 15 is 0 Å². The number of carbonyl (C=O) groups excluding carboxylic acids is 2. The Bertz CT molecular complexity index is 2220. The molecule has 0 aliphatic rings. The normalized spacial score (nSPS) is 12.1. The molecule has 12 nitrogen and oxygen atoms in total. The van der Waals surface area contributed by atoms with Crippen LogP contribution in [0.2, 0.25) is 0 Å². The maximum atomic E-state index is 12.8. The summed E-state index contributed by atoms with van der Waals surface area (Å²) in [5.74, 6) is 0.0797. The van der Waals surface area contributed by atoms with Crippen molar-refractivity contribution < 1.29 is 34.0 Å². The number of methoxy groups -OCH3 is 1. The molecule has 0 radical (unpaired) electrons. The van der Waals surface area contributed by atoms with Gasteiger partial charge < -0.3 is 40.0 Å². The smallest absolute Gasteiger partial charge is 0.407 e. The summed E-state index contributed by atoms with van der Waals surface area (Å²) < 4.78 is 16.4. The molecule has 1 amide bonds. The number of ether oxygens (including phenoxy) is 3. The Balaban J connectivity index is 0.963. The highest BCUT2D eigenvalue weighted by Gasteiger charge is 2.18. The van der Waals surface area contributed by atoms with E-state index in [9.17, 15) is 24.6 Å². The molecule has 4 aromatic carbocycles. The summed E-state index contributed by atoms with van der Waals surface area (Å²) in [5.41, 5.74) is 4.93. The van der Waals surface area contributed by atoms with E-state index in [4.69, 9.17) is 14.2 Å². The van der Waals surface area contributed by atoms with Gasteiger partial charge in [-0.1, -0.05) is 66.7 Å². The quantitative estimate of drug-likeness (QED) is 0.0865. The minimum absolute atomic E-state index is 0.0459. The van der Waals surface area contributed by atoms with Crippen LogP contribution in [-0.2, 0) is 29.2 Å². The first kappa shape index (κ1) is 36.3. The average Bonchev–Trinajstić information content (AvgIpc) is 3.19. The second-order valence-electron chi connectivity index (χ2n) is 12.2. The van der Waals surface area contributed by atoms with Crippen LogP contribution in [0.15, 0.2) is 126 Å².